The Balaban J connectivity index is 1.91. The van der Waals surface area contributed by atoms with E-state index in [1.165, 1.54) is 11.3 Å². The van der Waals surface area contributed by atoms with Crippen molar-refractivity contribution in [3.63, 3.8) is 0 Å². The quantitative estimate of drug-likeness (QED) is 0.898. The molecule has 3 unspecified atom stereocenters. The van der Waals surface area contributed by atoms with E-state index in [-0.39, 0.29) is 0 Å². The van der Waals surface area contributed by atoms with E-state index in [4.69, 9.17) is 0 Å². The molecule has 1 aromatic rings. The minimum absolute atomic E-state index is 0.532. The van der Waals surface area contributed by atoms with E-state index in [2.05, 4.69) is 37.1 Å². The summed E-state index contributed by atoms with van der Waals surface area (Å²) in [5.41, 5.74) is 2.88. The van der Waals surface area contributed by atoms with Gasteiger partial charge in [-0.05, 0) is 48.8 Å². The highest BCUT2D eigenvalue weighted by atomic mass is 16.3. The first-order valence-corrected chi connectivity index (χ1v) is 7.49. The molecular weight excluding hydrogens is 248 g/mol. The second-order valence-electron chi connectivity index (χ2n) is 6.58. The maximum absolute atomic E-state index is 10.7. The molecule has 0 saturated heterocycles. The van der Waals surface area contributed by atoms with E-state index in [1.807, 2.05) is 6.07 Å². The van der Waals surface area contributed by atoms with Crippen LogP contribution in [0.5, 0.6) is 0 Å². The van der Waals surface area contributed by atoms with Gasteiger partial charge in [0.2, 0.25) is 0 Å². The molecule has 3 atom stereocenters. The minimum Gasteiger partial charge on any atom is -0.387 e. The van der Waals surface area contributed by atoms with Crippen LogP contribution in [0.3, 0.4) is 0 Å². The standard InChI is InChI=1S/C17H22N2O/c1-12-5-7-17(10-12,11-18)16(20)14-3-4-15-13(9-14)6-8-19(15)2/h3-4,9,12,16,20H,5-8,10H2,1-2H3. The summed E-state index contributed by atoms with van der Waals surface area (Å²) in [5, 5.41) is 20.3. The molecule has 0 radical (unpaired) electrons. The summed E-state index contributed by atoms with van der Waals surface area (Å²) in [6.07, 6.45) is 3.03. The number of aliphatic hydroxyl groups excluding tert-OH is 1. The zero-order valence-electron chi connectivity index (χ0n) is 12.3. The minimum atomic E-state index is -0.659. The molecule has 3 heteroatoms. The highest BCUT2D eigenvalue weighted by Gasteiger charge is 2.44. The number of hydrogen-bond acceptors (Lipinski definition) is 3. The van der Waals surface area contributed by atoms with Gasteiger partial charge in [0.1, 0.15) is 0 Å². The highest BCUT2D eigenvalue weighted by molar-refractivity contribution is 5.58. The maximum Gasteiger partial charge on any atom is 0.0976 e. The van der Waals surface area contributed by atoms with Crippen LogP contribution in [0.1, 0.15) is 43.4 Å². The SMILES string of the molecule is CC1CCC(C#N)(C(O)c2ccc3c(c2)CCN3C)C1. The first-order chi connectivity index (χ1) is 9.55. The summed E-state index contributed by atoms with van der Waals surface area (Å²) in [6.45, 7) is 3.21. The predicted molar refractivity (Wildman–Crippen MR) is 79.4 cm³/mol. The fourth-order valence-corrected chi connectivity index (χ4v) is 3.82. The van der Waals surface area contributed by atoms with Crippen molar-refractivity contribution in [3.05, 3.63) is 29.3 Å². The van der Waals surface area contributed by atoms with Crippen LogP contribution in [0, 0.1) is 22.7 Å². The van der Waals surface area contributed by atoms with Crippen molar-refractivity contribution in [1.29, 1.82) is 5.26 Å². The number of nitriles is 1. The molecule has 1 fully saturated rings. The molecule has 0 spiro atoms. The van der Waals surface area contributed by atoms with Crippen LogP contribution in [-0.2, 0) is 6.42 Å². The normalized spacial score (nSPS) is 30.1. The summed E-state index contributed by atoms with van der Waals surface area (Å²) >= 11 is 0. The van der Waals surface area contributed by atoms with Crippen LogP contribution < -0.4 is 4.90 Å². The monoisotopic (exact) mass is 270 g/mol. The molecular formula is C17H22N2O. The van der Waals surface area contributed by atoms with Crippen molar-refractivity contribution in [2.75, 3.05) is 18.5 Å². The summed E-state index contributed by atoms with van der Waals surface area (Å²) in [7, 11) is 2.09. The number of benzene rings is 1. The number of anilines is 1. The molecule has 3 rings (SSSR count). The second-order valence-corrected chi connectivity index (χ2v) is 6.58. The average molecular weight is 270 g/mol. The predicted octanol–water partition coefficient (Wildman–Crippen LogP) is 3.04. The van der Waals surface area contributed by atoms with Crippen LogP contribution >= 0.6 is 0 Å². The van der Waals surface area contributed by atoms with E-state index in [1.54, 1.807) is 0 Å². The number of rotatable bonds is 2. The van der Waals surface area contributed by atoms with Crippen LogP contribution in [-0.4, -0.2) is 18.7 Å². The number of fused-ring (bicyclic) bond motifs is 1. The third kappa shape index (κ3) is 1.99. The molecule has 1 saturated carbocycles. The molecule has 1 aliphatic heterocycles. The summed E-state index contributed by atoms with van der Waals surface area (Å²) in [4.78, 5) is 2.24. The highest BCUT2D eigenvalue weighted by Crippen LogP contribution is 2.49. The Bertz CT molecular complexity index is 563. The van der Waals surface area contributed by atoms with Crippen LogP contribution in [0.4, 0.5) is 5.69 Å². The lowest BCUT2D eigenvalue weighted by molar-refractivity contribution is 0.0647. The van der Waals surface area contributed by atoms with Crippen LogP contribution in [0.2, 0.25) is 0 Å². The lowest BCUT2D eigenvalue weighted by Crippen LogP contribution is -2.24. The number of hydrogen-bond donors (Lipinski definition) is 1. The molecule has 3 nitrogen and oxygen atoms in total. The van der Waals surface area contributed by atoms with E-state index < -0.39 is 11.5 Å². The van der Waals surface area contributed by atoms with Crippen molar-refractivity contribution in [1.82, 2.24) is 0 Å². The van der Waals surface area contributed by atoms with Crippen molar-refractivity contribution in [2.45, 2.75) is 38.7 Å². The van der Waals surface area contributed by atoms with E-state index >= 15 is 0 Å². The molecule has 0 aromatic heterocycles. The molecule has 1 aromatic carbocycles. The van der Waals surface area contributed by atoms with Gasteiger partial charge < -0.3 is 10.0 Å². The Morgan fingerprint density at radius 2 is 2.30 bits per heavy atom. The van der Waals surface area contributed by atoms with Gasteiger partial charge in [-0.15, -0.1) is 0 Å². The smallest absolute Gasteiger partial charge is 0.0976 e. The van der Waals surface area contributed by atoms with Gasteiger partial charge in [-0.25, -0.2) is 0 Å². The zero-order valence-corrected chi connectivity index (χ0v) is 12.3. The molecule has 1 heterocycles. The van der Waals surface area contributed by atoms with Gasteiger partial charge in [-0.1, -0.05) is 19.1 Å². The third-order valence-electron chi connectivity index (χ3n) is 5.09. The van der Waals surface area contributed by atoms with Crippen molar-refractivity contribution in [3.8, 4) is 6.07 Å². The van der Waals surface area contributed by atoms with Crippen LogP contribution in [0.15, 0.2) is 18.2 Å². The van der Waals surface area contributed by atoms with Gasteiger partial charge in [0.05, 0.1) is 17.6 Å². The van der Waals surface area contributed by atoms with Gasteiger partial charge in [-0.2, -0.15) is 5.26 Å². The molecule has 1 N–H and O–H groups in total. The van der Waals surface area contributed by atoms with Gasteiger partial charge in [0, 0.05) is 19.3 Å². The lowest BCUT2D eigenvalue weighted by Gasteiger charge is -2.28. The average Bonchev–Trinajstić information content (AvgIpc) is 3.02. The van der Waals surface area contributed by atoms with Gasteiger partial charge in [0.25, 0.3) is 0 Å². The number of likely N-dealkylation sites (N-methyl/N-ethyl adjacent to an activating group) is 1. The summed E-state index contributed by atoms with van der Waals surface area (Å²) < 4.78 is 0. The Kier molecular flexibility index (Phi) is 3.22. The molecule has 2 aliphatic rings. The summed E-state index contributed by atoms with van der Waals surface area (Å²) in [6, 6.07) is 8.61. The largest absolute Gasteiger partial charge is 0.387 e. The van der Waals surface area contributed by atoms with E-state index in [0.29, 0.717) is 5.92 Å². The van der Waals surface area contributed by atoms with Crippen LogP contribution in [0.25, 0.3) is 0 Å². The van der Waals surface area contributed by atoms with E-state index in [9.17, 15) is 10.4 Å². The fraction of sp³-hybridized carbons (Fsp3) is 0.588. The first-order valence-electron chi connectivity index (χ1n) is 7.49. The van der Waals surface area contributed by atoms with Crippen molar-refractivity contribution in [2.24, 2.45) is 11.3 Å². The van der Waals surface area contributed by atoms with Gasteiger partial charge >= 0.3 is 0 Å². The molecule has 1 aliphatic carbocycles. The van der Waals surface area contributed by atoms with Crippen molar-refractivity contribution < 1.29 is 5.11 Å². The zero-order chi connectivity index (χ0) is 14.3. The topological polar surface area (TPSA) is 47.3 Å². The Labute approximate surface area is 120 Å². The van der Waals surface area contributed by atoms with Crippen molar-refractivity contribution >= 4 is 5.69 Å². The maximum atomic E-state index is 10.7. The Morgan fingerprint density at radius 3 is 2.95 bits per heavy atom. The molecule has 106 valence electrons. The number of nitrogens with zero attached hydrogens (tertiary/aromatic N) is 2. The fourth-order valence-electron chi connectivity index (χ4n) is 3.82. The van der Waals surface area contributed by atoms with E-state index in [0.717, 1.165) is 37.8 Å². The summed E-state index contributed by atoms with van der Waals surface area (Å²) in [5.74, 6) is 0.532. The second kappa shape index (κ2) is 4.79. The lowest BCUT2D eigenvalue weighted by atomic mass is 9.78. The molecule has 0 amide bonds. The molecule has 20 heavy (non-hydrogen) atoms. The first kappa shape index (κ1) is 13.5. The van der Waals surface area contributed by atoms with Gasteiger partial charge in [-0.3, -0.25) is 0 Å². The van der Waals surface area contributed by atoms with Gasteiger partial charge in [0.15, 0.2) is 0 Å². The Hall–Kier alpha value is -1.53. The molecule has 0 bridgehead atoms. The number of aliphatic hydroxyl groups is 1. The Morgan fingerprint density at radius 1 is 1.50 bits per heavy atom. The third-order valence-corrected chi connectivity index (χ3v) is 5.09.